The van der Waals surface area contributed by atoms with E-state index in [-0.39, 0.29) is 5.41 Å². The molecule has 6 rings (SSSR count). The van der Waals surface area contributed by atoms with Crippen molar-refractivity contribution < 1.29 is 0 Å². The van der Waals surface area contributed by atoms with E-state index in [4.69, 9.17) is 0 Å². The minimum Gasteiger partial charge on any atom is -0.355 e. The average Bonchev–Trinajstić information content (AvgIpc) is 3.03. The standard InChI is InChI=1S/C40H36N2/c1-40(2,3)33-23-25-36(26-24-33)42(37-21-13-20-35(29-37)41-34-18-11-6-12-19-34)39-28-32(30-14-7-4-8-15-30)22-27-38(39)31-16-9-5-10-17-31/h4-29,41H,1-3H3. The van der Waals surface area contributed by atoms with Gasteiger partial charge in [-0.1, -0.05) is 130 Å². The predicted octanol–water partition coefficient (Wildman–Crippen LogP) is 11.5. The monoisotopic (exact) mass is 544 g/mol. The fourth-order valence-electron chi connectivity index (χ4n) is 5.34. The first-order chi connectivity index (χ1) is 20.5. The van der Waals surface area contributed by atoms with Gasteiger partial charge in [0.15, 0.2) is 0 Å². The molecule has 1 N–H and O–H groups in total. The number of benzene rings is 6. The summed E-state index contributed by atoms with van der Waals surface area (Å²) in [7, 11) is 0. The summed E-state index contributed by atoms with van der Waals surface area (Å²) in [6, 6.07) is 56.1. The molecule has 0 radical (unpaired) electrons. The second-order valence-electron chi connectivity index (χ2n) is 11.6. The fraction of sp³-hybridized carbons (Fsp3) is 0.100. The quantitative estimate of drug-likeness (QED) is 0.215. The first kappa shape index (κ1) is 27.1. The molecule has 42 heavy (non-hydrogen) atoms. The largest absolute Gasteiger partial charge is 0.355 e. The molecule has 0 amide bonds. The molecule has 0 aromatic heterocycles. The Morgan fingerprint density at radius 1 is 0.452 bits per heavy atom. The van der Waals surface area contributed by atoms with Crippen LogP contribution in [-0.2, 0) is 5.41 Å². The van der Waals surface area contributed by atoms with E-state index in [0.29, 0.717) is 0 Å². The Hall–Kier alpha value is -5.08. The van der Waals surface area contributed by atoms with Crippen LogP contribution in [-0.4, -0.2) is 0 Å². The smallest absolute Gasteiger partial charge is 0.0546 e. The van der Waals surface area contributed by atoms with Gasteiger partial charge in [0.2, 0.25) is 0 Å². The van der Waals surface area contributed by atoms with Gasteiger partial charge in [0.25, 0.3) is 0 Å². The molecule has 0 spiro atoms. The Morgan fingerprint density at radius 2 is 1.05 bits per heavy atom. The van der Waals surface area contributed by atoms with Gasteiger partial charge in [-0.2, -0.15) is 0 Å². The summed E-state index contributed by atoms with van der Waals surface area (Å²) in [5.41, 5.74) is 11.5. The minimum atomic E-state index is 0.0747. The van der Waals surface area contributed by atoms with Crippen molar-refractivity contribution in [3.63, 3.8) is 0 Å². The maximum absolute atomic E-state index is 3.59. The van der Waals surface area contributed by atoms with Gasteiger partial charge in [-0.05, 0) is 76.2 Å². The highest BCUT2D eigenvalue weighted by Gasteiger charge is 2.20. The van der Waals surface area contributed by atoms with E-state index >= 15 is 0 Å². The summed E-state index contributed by atoms with van der Waals surface area (Å²) in [4.78, 5) is 2.39. The lowest BCUT2D eigenvalue weighted by Gasteiger charge is -2.30. The third-order valence-electron chi connectivity index (χ3n) is 7.59. The molecule has 6 aromatic carbocycles. The molecule has 0 fully saturated rings. The number of anilines is 5. The molecule has 2 nitrogen and oxygen atoms in total. The lowest BCUT2D eigenvalue weighted by atomic mass is 9.87. The van der Waals surface area contributed by atoms with Gasteiger partial charge >= 0.3 is 0 Å². The lowest BCUT2D eigenvalue weighted by molar-refractivity contribution is 0.590. The molecule has 0 heterocycles. The van der Waals surface area contributed by atoms with Crippen molar-refractivity contribution in [2.24, 2.45) is 0 Å². The molecule has 0 saturated carbocycles. The zero-order valence-electron chi connectivity index (χ0n) is 24.5. The van der Waals surface area contributed by atoms with Gasteiger partial charge in [0.05, 0.1) is 5.69 Å². The van der Waals surface area contributed by atoms with Gasteiger partial charge in [0, 0.05) is 28.3 Å². The van der Waals surface area contributed by atoms with Crippen molar-refractivity contribution >= 4 is 28.4 Å². The van der Waals surface area contributed by atoms with Crippen LogP contribution < -0.4 is 10.2 Å². The summed E-state index contributed by atoms with van der Waals surface area (Å²) in [6.07, 6.45) is 0. The van der Waals surface area contributed by atoms with E-state index in [1.54, 1.807) is 0 Å². The Labute approximate surface area is 249 Å². The maximum Gasteiger partial charge on any atom is 0.0546 e. The molecular formula is C40H36N2. The lowest BCUT2D eigenvalue weighted by Crippen LogP contribution is -2.14. The normalized spacial score (nSPS) is 11.2. The molecular weight excluding hydrogens is 508 g/mol. The van der Waals surface area contributed by atoms with Crippen LogP contribution in [0.25, 0.3) is 22.3 Å². The van der Waals surface area contributed by atoms with Crippen molar-refractivity contribution in [1.82, 2.24) is 0 Å². The molecule has 0 unspecified atom stereocenters. The van der Waals surface area contributed by atoms with E-state index in [0.717, 1.165) is 28.4 Å². The van der Waals surface area contributed by atoms with Crippen LogP contribution in [0.4, 0.5) is 28.4 Å². The average molecular weight is 545 g/mol. The third-order valence-corrected chi connectivity index (χ3v) is 7.59. The van der Waals surface area contributed by atoms with E-state index in [1.165, 1.54) is 27.8 Å². The number of nitrogens with zero attached hydrogens (tertiary/aromatic N) is 1. The zero-order chi connectivity index (χ0) is 28.9. The molecule has 6 aromatic rings. The number of hydrogen-bond donors (Lipinski definition) is 1. The first-order valence-corrected chi connectivity index (χ1v) is 14.5. The minimum absolute atomic E-state index is 0.0747. The Morgan fingerprint density at radius 3 is 1.69 bits per heavy atom. The van der Waals surface area contributed by atoms with Gasteiger partial charge in [-0.25, -0.2) is 0 Å². The van der Waals surface area contributed by atoms with Crippen LogP contribution in [0.3, 0.4) is 0 Å². The van der Waals surface area contributed by atoms with Crippen LogP contribution in [0.15, 0.2) is 158 Å². The third kappa shape index (κ3) is 5.99. The van der Waals surface area contributed by atoms with Gasteiger partial charge in [0.1, 0.15) is 0 Å². The molecule has 0 atom stereocenters. The molecule has 0 saturated heterocycles. The van der Waals surface area contributed by atoms with Crippen LogP contribution in [0.1, 0.15) is 26.3 Å². The molecule has 0 bridgehead atoms. The maximum atomic E-state index is 3.59. The molecule has 206 valence electrons. The summed E-state index contributed by atoms with van der Waals surface area (Å²) >= 11 is 0. The molecule has 0 aliphatic rings. The van der Waals surface area contributed by atoms with Gasteiger partial charge < -0.3 is 10.2 Å². The van der Waals surface area contributed by atoms with Crippen molar-refractivity contribution in [2.75, 3.05) is 10.2 Å². The summed E-state index contributed by atoms with van der Waals surface area (Å²) in [6.45, 7) is 6.78. The Kier molecular flexibility index (Phi) is 7.62. The van der Waals surface area contributed by atoms with E-state index in [2.05, 4.69) is 183 Å². The number of nitrogens with one attached hydrogen (secondary N) is 1. The van der Waals surface area contributed by atoms with Crippen LogP contribution in [0.2, 0.25) is 0 Å². The topological polar surface area (TPSA) is 15.3 Å². The molecule has 0 aliphatic heterocycles. The van der Waals surface area contributed by atoms with E-state index in [9.17, 15) is 0 Å². The summed E-state index contributed by atoms with van der Waals surface area (Å²) < 4.78 is 0. The SMILES string of the molecule is CC(C)(C)c1ccc(N(c2cccc(Nc3ccccc3)c2)c2cc(-c3ccccc3)ccc2-c2ccccc2)cc1. The van der Waals surface area contributed by atoms with Crippen molar-refractivity contribution in [3.8, 4) is 22.3 Å². The number of hydrogen-bond acceptors (Lipinski definition) is 2. The number of para-hydroxylation sites is 1. The van der Waals surface area contributed by atoms with E-state index in [1.807, 2.05) is 6.07 Å². The zero-order valence-corrected chi connectivity index (χ0v) is 24.5. The predicted molar refractivity (Wildman–Crippen MR) is 180 cm³/mol. The van der Waals surface area contributed by atoms with Gasteiger partial charge in [-0.3, -0.25) is 0 Å². The second kappa shape index (κ2) is 11.8. The molecule has 0 aliphatic carbocycles. The Bertz CT molecular complexity index is 1750. The van der Waals surface area contributed by atoms with Crippen molar-refractivity contribution in [1.29, 1.82) is 0 Å². The number of rotatable bonds is 7. The second-order valence-corrected chi connectivity index (χ2v) is 11.6. The summed E-state index contributed by atoms with van der Waals surface area (Å²) in [5.74, 6) is 0. The van der Waals surface area contributed by atoms with Crippen LogP contribution in [0, 0.1) is 0 Å². The van der Waals surface area contributed by atoms with Crippen molar-refractivity contribution in [3.05, 3.63) is 163 Å². The van der Waals surface area contributed by atoms with Gasteiger partial charge in [-0.15, -0.1) is 0 Å². The van der Waals surface area contributed by atoms with Crippen molar-refractivity contribution in [2.45, 2.75) is 26.2 Å². The van der Waals surface area contributed by atoms with Crippen LogP contribution in [0.5, 0.6) is 0 Å². The Balaban J connectivity index is 1.55. The highest BCUT2D eigenvalue weighted by atomic mass is 15.1. The molecule has 2 heteroatoms. The highest BCUT2D eigenvalue weighted by molar-refractivity contribution is 5.91. The highest BCUT2D eigenvalue weighted by Crippen LogP contribution is 2.44. The summed E-state index contributed by atoms with van der Waals surface area (Å²) in [5, 5.41) is 3.59. The fourth-order valence-corrected chi connectivity index (χ4v) is 5.34. The van der Waals surface area contributed by atoms with E-state index < -0.39 is 0 Å². The first-order valence-electron chi connectivity index (χ1n) is 14.5. The van der Waals surface area contributed by atoms with Crippen LogP contribution >= 0.6 is 0 Å².